The molecule has 3 fully saturated rings. The highest BCUT2D eigenvalue weighted by molar-refractivity contribution is 5.97. The Balaban J connectivity index is 0.733. The SMILES string of the molecule is COc1cc(CNCC(O)c2ccc(O)c3[nH]c(=O)ccc23)ccc1C(=O)N1CCC2(CCN(C(=O)COc3cccc(C(O)(C(=O)OCC4CCN(Cc5ccccc5)CC4)c4ccccc4)c3)CC2)CC1. The number of benzene rings is 5. The number of nitrogens with zero attached hydrogens (tertiary/aromatic N) is 3. The minimum absolute atomic E-state index is 0.0206. The highest BCUT2D eigenvalue weighted by Crippen LogP contribution is 2.42. The number of phenolic OH excluding ortho intramolecular Hbond substituents is 1. The van der Waals surface area contributed by atoms with Gasteiger partial charge in [-0.05, 0) is 122 Å². The molecule has 6 aromatic rings. The number of pyridine rings is 1. The number of aromatic hydroxyl groups is 1. The molecule has 2 amide bonds. The third-order valence-corrected chi connectivity index (χ3v) is 15.2. The average Bonchev–Trinajstić information content (AvgIpc) is 3.43. The molecule has 0 bridgehead atoms. The number of ether oxygens (including phenoxy) is 3. The number of rotatable bonds is 17. The van der Waals surface area contributed by atoms with Gasteiger partial charge in [0, 0.05) is 62.8 Å². The maximum atomic E-state index is 14.0. The largest absolute Gasteiger partial charge is 0.506 e. The van der Waals surface area contributed by atoms with Crippen LogP contribution in [0.1, 0.15) is 82.8 Å². The Morgan fingerprint density at radius 3 is 2.18 bits per heavy atom. The molecule has 3 saturated heterocycles. The lowest BCUT2D eigenvalue weighted by Crippen LogP contribution is -2.50. The second-order valence-corrected chi connectivity index (χ2v) is 19.8. The van der Waals surface area contributed by atoms with Crippen LogP contribution in [-0.2, 0) is 33.0 Å². The molecule has 0 aliphatic carbocycles. The number of phenols is 1. The van der Waals surface area contributed by atoms with Gasteiger partial charge >= 0.3 is 5.97 Å². The summed E-state index contributed by atoms with van der Waals surface area (Å²) in [6.07, 6.45) is 4.14. The molecule has 3 aliphatic heterocycles. The standard InChI is InChI=1S/C58H65N5O10/c1-71-51-33-42(35-59-36-50(65)46-17-19-49(64)54-47(46)18-20-52(66)60-54)15-16-48(51)55(68)63-31-25-57(26-32-63)23-29-62(30-24-57)53(67)39-72-45-14-8-13-44(34-45)58(70,43-11-6-3-7-12-43)56(69)73-38-41-21-27-61(28-22-41)37-40-9-4-2-5-10-40/h2-20,33-34,41,50,59,64-65,70H,21-32,35-39H2,1H3,(H,60,66). The summed E-state index contributed by atoms with van der Waals surface area (Å²) in [6.45, 7) is 5.63. The molecule has 5 N–H and O–H groups in total. The molecule has 1 spiro atoms. The molecule has 9 rings (SSSR count). The average molecular weight is 992 g/mol. The quantitative estimate of drug-likeness (QED) is 0.0610. The molecular formula is C58H65N5O10. The lowest BCUT2D eigenvalue weighted by atomic mass is 9.71. The topological polar surface area (TPSA) is 194 Å². The van der Waals surface area contributed by atoms with Gasteiger partial charge in [-0.25, -0.2) is 4.79 Å². The molecule has 1 aromatic heterocycles. The summed E-state index contributed by atoms with van der Waals surface area (Å²) in [7, 11) is 1.54. The molecule has 3 aliphatic rings. The highest BCUT2D eigenvalue weighted by atomic mass is 16.6. The van der Waals surface area contributed by atoms with E-state index < -0.39 is 17.7 Å². The second kappa shape index (κ2) is 22.8. The molecule has 5 aromatic carbocycles. The van der Waals surface area contributed by atoms with Crippen molar-refractivity contribution in [3.63, 3.8) is 0 Å². The maximum absolute atomic E-state index is 14.0. The van der Waals surface area contributed by atoms with Crippen LogP contribution in [-0.4, -0.2) is 119 Å². The van der Waals surface area contributed by atoms with Crippen LogP contribution in [0.3, 0.4) is 0 Å². The van der Waals surface area contributed by atoms with Crippen molar-refractivity contribution in [2.45, 2.75) is 63.3 Å². The smallest absolute Gasteiger partial charge is 0.347 e. The number of nitrogens with one attached hydrogen (secondary N) is 2. The van der Waals surface area contributed by atoms with Crippen LogP contribution >= 0.6 is 0 Å². The number of carbonyl (C=O) groups is 3. The summed E-state index contributed by atoms with van der Waals surface area (Å²) in [4.78, 5) is 62.0. The second-order valence-electron chi connectivity index (χ2n) is 19.8. The summed E-state index contributed by atoms with van der Waals surface area (Å²) in [6, 6.07) is 37.3. The third-order valence-electron chi connectivity index (χ3n) is 15.2. The number of aliphatic hydroxyl groups excluding tert-OH is 1. The summed E-state index contributed by atoms with van der Waals surface area (Å²) < 4.78 is 17.7. The first kappa shape index (κ1) is 50.9. The fourth-order valence-electron chi connectivity index (χ4n) is 10.7. The predicted molar refractivity (Wildman–Crippen MR) is 276 cm³/mol. The number of aromatic nitrogens is 1. The Morgan fingerprint density at radius 2 is 1.47 bits per heavy atom. The minimum atomic E-state index is -2.10. The van der Waals surface area contributed by atoms with Crippen LogP contribution in [0.2, 0.25) is 0 Å². The molecule has 15 heteroatoms. The third kappa shape index (κ3) is 11.8. The van der Waals surface area contributed by atoms with Gasteiger partial charge in [-0.2, -0.15) is 0 Å². The van der Waals surface area contributed by atoms with Crippen molar-refractivity contribution in [3.05, 3.63) is 171 Å². The van der Waals surface area contributed by atoms with E-state index in [0.29, 0.717) is 66.3 Å². The lowest BCUT2D eigenvalue weighted by molar-refractivity contribution is -0.164. The summed E-state index contributed by atoms with van der Waals surface area (Å²) in [5.74, 6) is -0.0776. The minimum Gasteiger partial charge on any atom is -0.506 e. The molecule has 2 unspecified atom stereocenters. The number of amides is 2. The number of carbonyl (C=O) groups excluding carboxylic acids is 3. The number of aliphatic hydroxyl groups is 2. The first-order chi connectivity index (χ1) is 35.4. The predicted octanol–water partition coefficient (Wildman–Crippen LogP) is 6.68. The molecule has 382 valence electrons. The Kier molecular flexibility index (Phi) is 15.9. The van der Waals surface area contributed by atoms with E-state index in [0.717, 1.165) is 63.7 Å². The first-order valence-corrected chi connectivity index (χ1v) is 25.3. The van der Waals surface area contributed by atoms with Gasteiger partial charge < -0.3 is 49.6 Å². The monoisotopic (exact) mass is 991 g/mol. The maximum Gasteiger partial charge on any atom is 0.347 e. The van der Waals surface area contributed by atoms with Crippen LogP contribution in [0.25, 0.3) is 10.9 Å². The van der Waals surface area contributed by atoms with E-state index in [-0.39, 0.29) is 65.3 Å². The number of methoxy groups -OCH3 is 1. The van der Waals surface area contributed by atoms with Gasteiger partial charge in [0.25, 0.3) is 11.8 Å². The van der Waals surface area contributed by atoms with E-state index in [4.69, 9.17) is 14.2 Å². The number of fused-ring (bicyclic) bond motifs is 1. The molecule has 4 heterocycles. The summed E-state index contributed by atoms with van der Waals surface area (Å²) in [5, 5.41) is 37.3. The van der Waals surface area contributed by atoms with E-state index in [1.54, 1.807) is 73.8 Å². The molecular weight excluding hydrogens is 927 g/mol. The zero-order valence-electron chi connectivity index (χ0n) is 41.3. The van der Waals surface area contributed by atoms with Crippen molar-refractivity contribution in [2.24, 2.45) is 11.3 Å². The Bertz CT molecular complexity index is 2920. The van der Waals surface area contributed by atoms with Crippen molar-refractivity contribution in [1.29, 1.82) is 0 Å². The normalized spacial score (nSPS) is 17.5. The summed E-state index contributed by atoms with van der Waals surface area (Å²) in [5.41, 5.74) is 1.69. The lowest BCUT2D eigenvalue weighted by Gasteiger charge is -2.46. The number of likely N-dealkylation sites (tertiary alicyclic amines) is 3. The van der Waals surface area contributed by atoms with E-state index in [2.05, 4.69) is 39.5 Å². The zero-order valence-corrected chi connectivity index (χ0v) is 41.3. The van der Waals surface area contributed by atoms with Gasteiger partial charge in [-0.3, -0.25) is 19.3 Å². The van der Waals surface area contributed by atoms with Crippen LogP contribution in [0, 0.1) is 11.3 Å². The van der Waals surface area contributed by atoms with E-state index >= 15 is 0 Å². The molecule has 2 atom stereocenters. The first-order valence-electron chi connectivity index (χ1n) is 25.3. The Morgan fingerprint density at radius 1 is 0.781 bits per heavy atom. The Hall–Kier alpha value is -7.04. The van der Waals surface area contributed by atoms with Crippen LogP contribution in [0.4, 0.5) is 0 Å². The van der Waals surface area contributed by atoms with Gasteiger partial charge in [0.1, 0.15) is 17.2 Å². The van der Waals surface area contributed by atoms with Crippen molar-refractivity contribution in [1.82, 2.24) is 25.0 Å². The van der Waals surface area contributed by atoms with E-state index in [1.807, 2.05) is 34.1 Å². The van der Waals surface area contributed by atoms with Crippen LogP contribution in [0.15, 0.2) is 132 Å². The molecule has 15 nitrogen and oxygen atoms in total. The zero-order chi connectivity index (χ0) is 51.0. The fraction of sp³-hybridized carbons (Fsp3) is 0.379. The van der Waals surface area contributed by atoms with Crippen molar-refractivity contribution in [2.75, 3.05) is 66.1 Å². The highest BCUT2D eigenvalue weighted by Gasteiger charge is 2.43. The van der Waals surface area contributed by atoms with Crippen molar-refractivity contribution < 1.29 is 43.9 Å². The molecule has 0 saturated carbocycles. The Labute approximate surface area is 425 Å². The fourth-order valence-corrected chi connectivity index (χ4v) is 10.7. The van der Waals surface area contributed by atoms with Crippen molar-refractivity contribution >= 4 is 28.7 Å². The number of aromatic amines is 1. The van der Waals surface area contributed by atoms with E-state index in [9.17, 15) is 34.5 Å². The van der Waals surface area contributed by atoms with Crippen LogP contribution in [0.5, 0.6) is 17.2 Å². The van der Waals surface area contributed by atoms with Gasteiger partial charge in [0.2, 0.25) is 11.2 Å². The molecule has 73 heavy (non-hydrogen) atoms. The van der Waals surface area contributed by atoms with Gasteiger partial charge in [0.15, 0.2) is 6.61 Å². The van der Waals surface area contributed by atoms with Gasteiger partial charge in [-0.1, -0.05) is 84.9 Å². The number of H-pyrrole nitrogens is 1. The number of piperidine rings is 3. The van der Waals surface area contributed by atoms with Crippen LogP contribution < -0.4 is 20.3 Å². The number of hydrogen-bond donors (Lipinski definition) is 5. The number of hydrogen-bond acceptors (Lipinski definition) is 12. The molecule has 0 radical (unpaired) electrons. The summed E-state index contributed by atoms with van der Waals surface area (Å²) >= 11 is 0. The van der Waals surface area contributed by atoms with Gasteiger partial charge in [-0.15, -0.1) is 0 Å². The van der Waals surface area contributed by atoms with Crippen molar-refractivity contribution in [3.8, 4) is 17.2 Å². The van der Waals surface area contributed by atoms with E-state index in [1.165, 1.54) is 17.7 Å². The van der Waals surface area contributed by atoms with Gasteiger partial charge in [0.05, 0.1) is 30.9 Å². The number of esters is 1.